The fraction of sp³-hybridized carbons (Fsp3) is 0.286. The molecule has 1 aromatic heterocycles. The number of H-pyrrole nitrogens is 1. The molecular formula is C14H16N2O2. The lowest BCUT2D eigenvalue weighted by atomic mass is 10.0. The number of aromatic amines is 1. The zero-order chi connectivity index (χ0) is 13.1. The largest absolute Gasteiger partial charge is 0.372 e. The van der Waals surface area contributed by atoms with E-state index in [1.165, 1.54) is 0 Å². The smallest absolute Gasteiger partial charge is 0.251 e. The summed E-state index contributed by atoms with van der Waals surface area (Å²) >= 11 is 0. The lowest BCUT2D eigenvalue weighted by Crippen LogP contribution is -2.29. The summed E-state index contributed by atoms with van der Waals surface area (Å²) in [5.41, 5.74) is 3.30. The Hall–Kier alpha value is -2.10. The molecule has 2 heterocycles. The average Bonchev–Trinajstić information content (AvgIpc) is 2.39. The van der Waals surface area contributed by atoms with E-state index in [2.05, 4.69) is 10.3 Å². The molecule has 0 bridgehead atoms. The Morgan fingerprint density at radius 2 is 2.22 bits per heavy atom. The van der Waals surface area contributed by atoms with Gasteiger partial charge in [0.15, 0.2) is 0 Å². The second kappa shape index (κ2) is 5.04. The maximum atomic E-state index is 11.7. The molecule has 0 fully saturated rings. The van der Waals surface area contributed by atoms with Crippen LogP contribution in [0.1, 0.15) is 23.7 Å². The first-order chi connectivity index (χ1) is 8.65. The normalized spacial score (nSPS) is 18.1. The summed E-state index contributed by atoms with van der Waals surface area (Å²) in [5.74, 6) is 0. The lowest BCUT2D eigenvalue weighted by Gasteiger charge is -2.19. The summed E-state index contributed by atoms with van der Waals surface area (Å²) in [7, 11) is 0. The third-order valence-corrected chi connectivity index (χ3v) is 3.04. The van der Waals surface area contributed by atoms with Crippen LogP contribution in [-0.4, -0.2) is 17.3 Å². The highest BCUT2D eigenvalue weighted by atomic mass is 16.1. The van der Waals surface area contributed by atoms with Gasteiger partial charge in [-0.25, -0.2) is 0 Å². The number of dihydropyridines is 1. The monoisotopic (exact) mass is 244 g/mol. The van der Waals surface area contributed by atoms with Crippen LogP contribution in [0.5, 0.6) is 0 Å². The average molecular weight is 244 g/mol. The van der Waals surface area contributed by atoms with Crippen molar-refractivity contribution in [2.75, 3.05) is 0 Å². The van der Waals surface area contributed by atoms with Gasteiger partial charge in [0, 0.05) is 22.5 Å². The van der Waals surface area contributed by atoms with Gasteiger partial charge in [-0.3, -0.25) is 4.79 Å². The fourth-order valence-electron chi connectivity index (χ4n) is 2.00. The van der Waals surface area contributed by atoms with Crippen LogP contribution in [0.4, 0.5) is 0 Å². The maximum Gasteiger partial charge on any atom is 0.251 e. The second-order valence-electron chi connectivity index (χ2n) is 4.29. The van der Waals surface area contributed by atoms with Gasteiger partial charge in [-0.05, 0) is 25.5 Å². The molecule has 1 aliphatic rings. The molecule has 2 N–H and O–H groups in total. The number of pyridine rings is 1. The predicted molar refractivity (Wildman–Crippen MR) is 71.3 cm³/mol. The summed E-state index contributed by atoms with van der Waals surface area (Å²) < 4.78 is 0. The molecule has 94 valence electrons. The van der Waals surface area contributed by atoms with Crippen molar-refractivity contribution < 1.29 is 4.79 Å². The van der Waals surface area contributed by atoms with Crippen LogP contribution in [0, 0.1) is 6.92 Å². The van der Waals surface area contributed by atoms with Crippen LogP contribution in [0.2, 0.25) is 0 Å². The third-order valence-electron chi connectivity index (χ3n) is 3.04. The highest BCUT2D eigenvalue weighted by Crippen LogP contribution is 2.18. The molecule has 2 rings (SSSR count). The quantitative estimate of drug-likeness (QED) is 0.788. The first-order valence-electron chi connectivity index (χ1n) is 5.99. The Morgan fingerprint density at radius 3 is 2.89 bits per heavy atom. The van der Waals surface area contributed by atoms with Crippen LogP contribution < -0.4 is 10.9 Å². The summed E-state index contributed by atoms with van der Waals surface area (Å²) in [6.45, 7) is 3.80. The zero-order valence-corrected chi connectivity index (χ0v) is 10.5. The van der Waals surface area contributed by atoms with E-state index in [1.54, 1.807) is 6.08 Å². The van der Waals surface area contributed by atoms with Gasteiger partial charge in [-0.2, -0.15) is 0 Å². The first-order valence-corrected chi connectivity index (χ1v) is 5.99. The van der Waals surface area contributed by atoms with E-state index in [-0.39, 0.29) is 11.6 Å². The number of hydrogen-bond donors (Lipinski definition) is 2. The van der Waals surface area contributed by atoms with E-state index in [4.69, 9.17) is 0 Å². The van der Waals surface area contributed by atoms with E-state index >= 15 is 0 Å². The van der Waals surface area contributed by atoms with Crippen molar-refractivity contribution in [3.8, 4) is 0 Å². The molecule has 1 aromatic rings. The Labute approximate surface area is 105 Å². The lowest BCUT2D eigenvalue weighted by molar-refractivity contribution is -0.108. The number of allylic oxidation sites excluding steroid dienone is 2. The van der Waals surface area contributed by atoms with Crippen molar-refractivity contribution in [2.24, 2.45) is 0 Å². The molecule has 0 radical (unpaired) electrons. The minimum absolute atomic E-state index is 0.0439. The van der Waals surface area contributed by atoms with Gasteiger partial charge < -0.3 is 15.1 Å². The number of nitrogens with one attached hydrogen (secondary N) is 2. The van der Waals surface area contributed by atoms with Crippen LogP contribution in [0.15, 0.2) is 29.1 Å². The van der Waals surface area contributed by atoms with Crippen LogP contribution in [0.3, 0.4) is 0 Å². The van der Waals surface area contributed by atoms with Crippen molar-refractivity contribution in [1.82, 2.24) is 10.3 Å². The number of carbonyl (C=O) groups is 1. The molecule has 0 aliphatic carbocycles. The van der Waals surface area contributed by atoms with Gasteiger partial charge in [0.05, 0.1) is 0 Å². The van der Waals surface area contributed by atoms with E-state index in [0.717, 1.165) is 28.8 Å². The van der Waals surface area contributed by atoms with Gasteiger partial charge in [-0.1, -0.05) is 19.1 Å². The topological polar surface area (TPSA) is 62.0 Å². The Kier molecular flexibility index (Phi) is 3.46. The number of hydrogen-bond acceptors (Lipinski definition) is 3. The predicted octanol–water partition coefficient (Wildman–Crippen LogP) is 1.31. The Morgan fingerprint density at radius 1 is 1.44 bits per heavy atom. The van der Waals surface area contributed by atoms with E-state index < -0.39 is 0 Å². The SMILES string of the molecule is CCc1cc(C2=CC=CC(C=O)N2)c(C)[nH]c1=O. The highest BCUT2D eigenvalue weighted by molar-refractivity contribution is 5.74. The maximum absolute atomic E-state index is 11.7. The number of aldehydes is 1. The molecule has 4 nitrogen and oxygen atoms in total. The van der Waals surface area contributed by atoms with E-state index in [0.29, 0.717) is 6.42 Å². The molecule has 1 unspecified atom stereocenters. The van der Waals surface area contributed by atoms with Crippen molar-refractivity contribution >= 4 is 12.0 Å². The summed E-state index contributed by atoms with van der Waals surface area (Å²) in [6.07, 6.45) is 7.08. The molecule has 0 spiro atoms. The number of aromatic nitrogens is 1. The van der Waals surface area contributed by atoms with E-state index in [9.17, 15) is 9.59 Å². The first kappa shape index (κ1) is 12.4. The van der Waals surface area contributed by atoms with Crippen molar-refractivity contribution in [3.05, 3.63) is 51.5 Å². The Balaban J connectivity index is 2.45. The molecular weight excluding hydrogens is 228 g/mol. The molecule has 1 atom stereocenters. The fourth-order valence-corrected chi connectivity index (χ4v) is 2.00. The van der Waals surface area contributed by atoms with Gasteiger partial charge in [0.1, 0.15) is 12.3 Å². The highest BCUT2D eigenvalue weighted by Gasteiger charge is 2.13. The molecule has 18 heavy (non-hydrogen) atoms. The number of aryl methyl sites for hydroxylation is 2. The molecule has 4 heteroatoms. The van der Waals surface area contributed by atoms with Gasteiger partial charge >= 0.3 is 0 Å². The zero-order valence-electron chi connectivity index (χ0n) is 10.5. The van der Waals surface area contributed by atoms with Crippen molar-refractivity contribution in [2.45, 2.75) is 26.3 Å². The third kappa shape index (κ3) is 2.27. The molecule has 0 saturated carbocycles. The van der Waals surface area contributed by atoms with Crippen LogP contribution in [0.25, 0.3) is 5.70 Å². The van der Waals surface area contributed by atoms with Crippen LogP contribution >= 0.6 is 0 Å². The summed E-state index contributed by atoms with van der Waals surface area (Å²) in [4.78, 5) is 25.3. The summed E-state index contributed by atoms with van der Waals surface area (Å²) in [5, 5.41) is 3.12. The molecule has 0 aromatic carbocycles. The standard InChI is InChI=1S/C14H16N2O2/c1-3-10-7-12(9(2)15-14(10)18)13-6-4-5-11(8-17)16-13/h4-8,11,16H,3H2,1-2H3,(H,15,18). The molecule has 1 aliphatic heterocycles. The minimum atomic E-state index is -0.304. The molecule has 0 amide bonds. The minimum Gasteiger partial charge on any atom is -0.372 e. The number of rotatable bonds is 3. The van der Waals surface area contributed by atoms with Gasteiger partial charge in [0.2, 0.25) is 0 Å². The molecule has 0 saturated heterocycles. The van der Waals surface area contributed by atoms with Crippen molar-refractivity contribution in [3.63, 3.8) is 0 Å². The van der Waals surface area contributed by atoms with Gasteiger partial charge in [-0.15, -0.1) is 0 Å². The van der Waals surface area contributed by atoms with Gasteiger partial charge in [0.25, 0.3) is 5.56 Å². The van der Waals surface area contributed by atoms with E-state index in [1.807, 2.05) is 32.1 Å². The Bertz CT molecular complexity index is 582. The number of carbonyl (C=O) groups excluding carboxylic acids is 1. The second-order valence-corrected chi connectivity index (χ2v) is 4.29. The van der Waals surface area contributed by atoms with Crippen LogP contribution in [-0.2, 0) is 11.2 Å². The van der Waals surface area contributed by atoms with Crippen molar-refractivity contribution in [1.29, 1.82) is 0 Å². The summed E-state index contributed by atoms with van der Waals surface area (Å²) in [6, 6.07) is 1.58.